The van der Waals surface area contributed by atoms with E-state index >= 15 is 0 Å². The number of hydrogen-bond donors (Lipinski definition) is 1. The maximum atomic E-state index is 14.0. The number of methoxy groups -OCH3 is 1. The number of nitrogens with one attached hydrogen (secondary N) is 1. The maximum Gasteiger partial charge on any atom is 0.215 e. The van der Waals surface area contributed by atoms with Gasteiger partial charge in [0, 0.05) is 24.2 Å². The predicted molar refractivity (Wildman–Crippen MR) is 92.8 cm³/mol. The van der Waals surface area contributed by atoms with Crippen molar-refractivity contribution in [3.8, 4) is 0 Å². The van der Waals surface area contributed by atoms with Crippen LogP contribution in [0.1, 0.15) is 18.1 Å². The van der Waals surface area contributed by atoms with Crippen LogP contribution in [0.2, 0.25) is 5.02 Å². The lowest BCUT2D eigenvalue weighted by Crippen LogP contribution is -2.41. The molecule has 0 saturated heterocycles. The van der Waals surface area contributed by atoms with Crippen LogP contribution in [0.4, 0.5) is 4.39 Å². The van der Waals surface area contributed by atoms with E-state index in [-0.39, 0.29) is 12.3 Å². The normalized spacial score (nSPS) is 14.3. The summed E-state index contributed by atoms with van der Waals surface area (Å²) < 4.78 is 46.4. The van der Waals surface area contributed by atoms with E-state index in [1.165, 1.54) is 13.2 Å². The second-order valence-electron chi connectivity index (χ2n) is 5.62. The lowest BCUT2D eigenvalue weighted by molar-refractivity contribution is 0.00409. The van der Waals surface area contributed by atoms with Gasteiger partial charge < -0.3 is 4.74 Å². The van der Waals surface area contributed by atoms with Crippen LogP contribution in [0.25, 0.3) is 0 Å². The van der Waals surface area contributed by atoms with Gasteiger partial charge in [-0.3, -0.25) is 0 Å². The van der Waals surface area contributed by atoms with E-state index in [1.54, 1.807) is 49.4 Å². The van der Waals surface area contributed by atoms with Crippen molar-refractivity contribution >= 4 is 21.6 Å². The molecule has 2 aromatic rings. The van der Waals surface area contributed by atoms with Gasteiger partial charge in [-0.15, -0.1) is 0 Å². The summed E-state index contributed by atoms with van der Waals surface area (Å²) >= 11 is 5.79. The summed E-state index contributed by atoms with van der Waals surface area (Å²) in [5.41, 5.74) is -0.211. The smallest absolute Gasteiger partial charge is 0.215 e. The fraction of sp³-hybridized carbons (Fsp3) is 0.294. The van der Waals surface area contributed by atoms with Gasteiger partial charge in [-0.2, -0.15) is 0 Å². The lowest BCUT2D eigenvalue weighted by atomic mass is 9.95. The minimum atomic E-state index is -3.61. The molecule has 0 aliphatic carbocycles. The minimum Gasteiger partial charge on any atom is -0.372 e. The van der Waals surface area contributed by atoms with E-state index in [1.807, 2.05) is 0 Å². The summed E-state index contributed by atoms with van der Waals surface area (Å²) in [5, 5.41) is 0.538. The molecule has 0 aromatic heterocycles. The number of hydrogen-bond acceptors (Lipinski definition) is 3. The van der Waals surface area contributed by atoms with Crippen LogP contribution < -0.4 is 4.72 Å². The third-order valence-corrected chi connectivity index (χ3v) is 5.34. The zero-order valence-corrected chi connectivity index (χ0v) is 15.0. The van der Waals surface area contributed by atoms with Gasteiger partial charge in [0.25, 0.3) is 0 Å². The van der Waals surface area contributed by atoms with E-state index in [9.17, 15) is 12.8 Å². The highest BCUT2D eigenvalue weighted by molar-refractivity contribution is 7.88. The Bertz CT molecular complexity index is 796. The Balaban J connectivity index is 2.11. The standard InChI is InChI=1S/C17H19ClFNO3S/c1-17(23-2,15-5-3-4-6-16(15)19)12-20-24(21,22)11-13-7-9-14(18)10-8-13/h3-10,20H,11-12H2,1-2H3. The van der Waals surface area contributed by atoms with Crippen LogP contribution >= 0.6 is 11.6 Å². The molecular formula is C17H19ClFNO3S. The number of halogens is 2. The lowest BCUT2D eigenvalue weighted by Gasteiger charge is -2.29. The van der Waals surface area contributed by atoms with Gasteiger partial charge in [-0.05, 0) is 30.7 Å². The highest BCUT2D eigenvalue weighted by Gasteiger charge is 2.30. The Kier molecular flexibility index (Phi) is 5.98. The molecule has 0 radical (unpaired) electrons. The third kappa shape index (κ3) is 4.77. The van der Waals surface area contributed by atoms with Crippen LogP contribution in [0.5, 0.6) is 0 Å². The zero-order chi connectivity index (χ0) is 17.8. The summed E-state index contributed by atoms with van der Waals surface area (Å²) in [4.78, 5) is 0. The van der Waals surface area contributed by atoms with E-state index in [4.69, 9.17) is 16.3 Å². The fourth-order valence-corrected chi connectivity index (χ4v) is 3.62. The molecule has 7 heteroatoms. The van der Waals surface area contributed by atoms with Gasteiger partial charge in [0.2, 0.25) is 10.0 Å². The van der Waals surface area contributed by atoms with Crippen LogP contribution in [0.15, 0.2) is 48.5 Å². The molecule has 0 bridgehead atoms. The second kappa shape index (κ2) is 7.61. The first-order valence-electron chi connectivity index (χ1n) is 7.28. The first-order valence-corrected chi connectivity index (χ1v) is 9.31. The van der Waals surface area contributed by atoms with Crippen LogP contribution in [0.3, 0.4) is 0 Å². The van der Waals surface area contributed by atoms with Gasteiger partial charge in [0.1, 0.15) is 11.4 Å². The summed E-state index contributed by atoms with van der Waals surface area (Å²) in [6.45, 7) is 1.55. The van der Waals surface area contributed by atoms with E-state index in [0.717, 1.165) is 0 Å². The molecule has 0 fully saturated rings. The number of ether oxygens (including phenoxy) is 1. The number of sulfonamides is 1. The van der Waals surface area contributed by atoms with Gasteiger partial charge in [-0.25, -0.2) is 17.5 Å². The largest absolute Gasteiger partial charge is 0.372 e. The molecular weight excluding hydrogens is 353 g/mol. The zero-order valence-electron chi connectivity index (χ0n) is 13.4. The third-order valence-electron chi connectivity index (χ3n) is 3.79. The summed E-state index contributed by atoms with van der Waals surface area (Å²) in [6, 6.07) is 12.7. The maximum absolute atomic E-state index is 14.0. The molecule has 1 N–H and O–H groups in total. The van der Waals surface area contributed by atoms with E-state index < -0.39 is 21.4 Å². The molecule has 0 aliphatic rings. The molecule has 1 unspecified atom stereocenters. The van der Waals surface area contributed by atoms with Crippen LogP contribution in [0, 0.1) is 5.82 Å². The molecule has 0 aliphatic heterocycles. The first kappa shape index (κ1) is 18.9. The monoisotopic (exact) mass is 371 g/mol. The average molecular weight is 372 g/mol. The highest BCUT2D eigenvalue weighted by Crippen LogP contribution is 2.26. The number of benzene rings is 2. The molecule has 1 atom stereocenters. The molecule has 2 aromatic carbocycles. The van der Waals surface area contributed by atoms with Crippen molar-refractivity contribution in [2.45, 2.75) is 18.3 Å². The van der Waals surface area contributed by atoms with Crippen LogP contribution in [-0.4, -0.2) is 22.1 Å². The van der Waals surface area contributed by atoms with Crippen molar-refractivity contribution < 1.29 is 17.5 Å². The molecule has 0 heterocycles. The Hall–Kier alpha value is -1.47. The average Bonchev–Trinajstić information content (AvgIpc) is 2.55. The van der Waals surface area contributed by atoms with Gasteiger partial charge in [0.15, 0.2) is 0 Å². The van der Waals surface area contributed by atoms with Crippen molar-refractivity contribution in [2.24, 2.45) is 0 Å². The summed E-state index contributed by atoms with van der Waals surface area (Å²) in [5.74, 6) is -0.639. The SMILES string of the molecule is COC(C)(CNS(=O)(=O)Cc1ccc(Cl)cc1)c1ccccc1F. The second-order valence-corrected chi connectivity index (χ2v) is 7.86. The topological polar surface area (TPSA) is 55.4 Å². The van der Waals surface area contributed by atoms with Gasteiger partial charge >= 0.3 is 0 Å². The first-order chi connectivity index (χ1) is 11.3. The van der Waals surface area contributed by atoms with Crippen LogP contribution in [-0.2, 0) is 26.1 Å². The van der Waals surface area contributed by atoms with E-state index in [2.05, 4.69) is 4.72 Å². The summed E-state index contributed by atoms with van der Waals surface area (Å²) in [6.07, 6.45) is 0. The predicted octanol–water partition coefficient (Wildman–Crippen LogP) is 3.46. The molecule has 4 nitrogen and oxygen atoms in total. The van der Waals surface area contributed by atoms with Crippen molar-refractivity contribution in [2.75, 3.05) is 13.7 Å². The van der Waals surface area contributed by atoms with Gasteiger partial charge in [0.05, 0.1) is 5.75 Å². The van der Waals surface area contributed by atoms with Crippen molar-refractivity contribution in [1.29, 1.82) is 0 Å². The molecule has 0 amide bonds. The fourth-order valence-electron chi connectivity index (χ4n) is 2.27. The Labute approximate surface area is 146 Å². The molecule has 2 rings (SSSR count). The molecule has 0 saturated carbocycles. The van der Waals surface area contributed by atoms with Crippen molar-refractivity contribution in [3.63, 3.8) is 0 Å². The summed E-state index contributed by atoms with van der Waals surface area (Å²) in [7, 11) is -2.19. The Morgan fingerprint density at radius 3 is 2.38 bits per heavy atom. The molecule has 130 valence electrons. The van der Waals surface area contributed by atoms with Crippen molar-refractivity contribution in [1.82, 2.24) is 4.72 Å². The Morgan fingerprint density at radius 1 is 1.17 bits per heavy atom. The molecule has 24 heavy (non-hydrogen) atoms. The van der Waals surface area contributed by atoms with Gasteiger partial charge in [-0.1, -0.05) is 41.9 Å². The molecule has 0 spiro atoms. The number of rotatable bonds is 7. The van der Waals surface area contributed by atoms with Crippen molar-refractivity contribution in [3.05, 3.63) is 70.5 Å². The van der Waals surface area contributed by atoms with E-state index in [0.29, 0.717) is 16.1 Å². The highest BCUT2D eigenvalue weighted by atomic mass is 35.5. The quantitative estimate of drug-likeness (QED) is 0.810. The Morgan fingerprint density at radius 2 is 1.79 bits per heavy atom. The minimum absolute atomic E-state index is 0.0830.